The second kappa shape index (κ2) is 11.8. The van der Waals surface area contributed by atoms with Crippen molar-refractivity contribution in [3.8, 4) is 17.2 Å². The summed E-state index contributed by atoms with van der Waals surface area (Å²) in [5.74, 6) is -1.21. The van der Waals surface area contributed by atoms with Crippen molar-refractivity contribution in [3.05, 3.63) is 112 Å². The molecule has 0 amide bonds. The number of nitrogens with one attached hydrogen (secondary N) is 1. The zero-order valence-electron chi connectivity index (χ0n) is 22.5. The number of alkyl halides is 2. The van der Waals surface area contributed by atoms with Crippen LogP contribution in [0.25, 0.3) is 0 Å². The lowest BCUT2D eigenvalue weighted by Crippen LogP contribution is -2.36. The molecular formula is C32H29F2NO6. The molecule has 9 heteroatoms. The fourth-order valence-electron chi connectivity index (χ4n) is 5.63. The van der Waals surface area contributed by atoms with Crippen LogP contribution in [-0.2, 0) is 20.9 Å². The Hall–Kier alpha value is -4.66. The number of dihydropyridines is 1. The van der Waals surface area contributed by atoms with Gasteiger partial charge in [0.25, 0.3) is 0 Å². The fourth-order valence-corrected chi connectivity index (χ4v) is 5.63. The normalized spacial score (nSPS) is 18.6. The van der Waals surface area contributed by atoms with Crippen molar-refractivity contribution < 1.29 is 37.7 Å². The number of rotatable bonds is 8. The number of ether oxygens (including phenoxy) is 3. The van der Waals surface area contributed by atoms with Gasteiger partial charge in [-0.3, -0.25) is 4.79 Å². The van der Waals surface area contributed by atoms with Crippen molar-refractivity contribution in [1.29, 1.82) is 0 Å². The van der Waals surface area contributed by atoms with Gasteiger partial charge >= 0.3 is 12.6 Å². The van der Waals surface area contributed by atoms with Crippen LogP contribution in [0.5, 0.6) is 17.2 Å². The summed E-state index contributed by atoms with van der Waals surface area (Å²) in [5, 5.41) is 13.5. The first-order chi connectivity index (χ1) is 19.8. The maximum Gasteiger partial charge on any atom is 0.387 e. The molecule has 1 heterocycles. The van der Waals surface area contributed by atoms with E-state index in [1.807, 2.05) is 24.3 Å². The minimum absolute atomic E-state index is 0.0122. The molecule has 3 aromatic carbocycles. The van der Waals surface area contributed by atoms with Crippen LogP contribution in [0, 0.1) is 0 Å². The van der Waals surface area contributed by atoms with Crippen LogP contribution in [0.4, 0.5) is 8.78 Å². The van der Waals surface area contributed by atoms with Gasteiger partial charge in [0.05, 0.1) is 12.7 Å². The third kappa shape index (κ3) is 5.79. The molecular weight excluding hydrogens is 532 g/mol. The van der Waals surface area contributed by atoms with Crippen LogP contribution < -0.4 is 14.8 Å². The number of carbonyl (C=O) groups is 2. The predicted molar refractivity (Wildman–Crippen MR) is 147 cm³/mol. The monoisotopic (exact) mass is 561 g/mol. The van der Waals surface area contributed by atoms with Gasteiger partial charge in [-0.25, -0.2) is 4.79 Å². The van der Waals surface area contributed by atoms with E-state index >= 15 is 0 Å². The molecule has 212 valence electrons. The quantitative estimate of drug-likeness (QED) is 0.321. The maximum atomic E-state index is 13.8. The van der Waals surface area contributed by atoms with E-state index in [9.17, 15) is 23.5 Å². The minimum atomic E-state index is -3.03. The summed E-state index contributed by atoms with van der Waals surface area (Å²) in [6.07, 6.45) is 0.713. The second-order valence-electron chi connectivity index (χ2n) is 9.92. The Kier molecular flexibility index (Phi) is 8.05. The number of Topliss-reactive ketones (excluding diaryl/α,β-unsaturated/α-hetero) is 1. The molecule has 7 nitrogen and oxygen atoms in total. The highest BCUT2D eigenvalue weighted by molar-refractivity contribution is 6.04. The van der Waals surface area contributed by atoms with Crippen molar-refractivity contribution in [3.63, 3.8) is 0 Å². The molecule has 5 rings (SSSR count). The minimum Gasteiger partial charge on any atom is -0.508 e. The number of aromatic hydroxyl groups is 1. The van der Waals surface area contributed by atoms with Crippen LogP contribution >= 0.6 is 0 Å². The van der Waals surface area contributed by atoms with E-state index in [1.165, 1.54) is 24.3 Å². The molecule has 0 bridgehead atoms. The van der Waals surface area contributed by atoms with Crippen LogP contribution in [0.15, 0.2) is 95.3 Å². The van der Waals surface area contributed by atoms with Gasteiger partial charge in [0.1, 0.15) is 23.9 Å². The Morgan fingerprint density at radius 3 is 2.49 bits per heavy atom. The molecule has 0 spiro atoms. The van der Waals surface area contributed by atoms with Gasteiger partial charge in [-0.15, -0.1) is 0 Å². The average Bonchev–Trinajstić information content (AvgIpc) is 2.95. The van der Waals surface area contributed by atoms with Gasteiger partial charge in [0.15, 0.2) is 5.78 Å². The third-order valence-corrected chi connectivity index (χ3v) is 7.38. The van der Waals surface area contributed by atoms with Crippen molar-refractivity contribution in [2.45, 2.75) is 44.8 Å². The molecule has 0 fully saturated rings. The van der Waals surface area contributed by atoms with Gasteiger partial charge in [-0.05, 0) is 48.7 Å². The van der Waals surface area contributed by atoms with E-state index in [0.29, 0.717) is 34.7 Å². The number of ketones is 1. The Morgan fingerprint density at radius 2 is 1.76 bits per heavy atom. The summed E-state index contributed by atoms with van der Waals surface area (Å²) < 4.78 is 41.5. The molecule has 0 saturated carbocycles. The number of benzene rings is 3. The van der Waals surface area contributed by atoms with Crippen LogP contribution in [0.2, 0.25) is 0 Å². The topological polar surface area (TPSA) is 94.1 Å². The van der Waals surface area contributed by atoms with Gasteiger partial charge in [0.2, 0.25) is 0 Å². The van der Waals surface area contributed by atoms with E-state index < -0.39 is 18.5 Å². The van der Waals surface area contributed by atoms with E-state index in [-0.39, 0.29) is 47.4 Å². The molecule has 2 unspecified atom stereocenters. The summed E-state index contributed by atoms with van der Waals surface area (Å²) in [6, 6.07) is 20.1. The molecule has 1 aliphatic carbocycles. The first-order valence-corrected chi connectivity index (χ1v) is 13.1. The van der Waals surface area contributed by atoms with Crippen molar-refractivity contribution >= 4 is 11.8 Å². The number of methoxy groups -OCH3 is 1. The van der Waals surface area contributed by atoms with Gasteiger partial charge < -0.3 is 24.6 Å². The van der Waals surface area contributed by atoms with E-state index in [2.05, 4.69) is 10.1 Å². The SMILES string of the molecule is COc1ccccc1C1CC(=O)C2=C(C1)NC(C)=C(C(=O)OCc1ccccc1OC(F)F)C2c1cccc(O)c1. The van der Waals surface area contributed by atoms with E-state index in [1.54, 1.807) is 38.3 Å². The van der Waals surface area contributed by atoms with Crippen molar-refractivity contribution in [2.75, 3.05) is 7.11 Å². The Labute approximate surface area is 236 Å². The highest BCUT2D eigenvalue weighted by Gasteiger charge is 2.42. The van der Waals surface area contributed by atoms with Crippen molar-refractivity contribution in [1.82, 2.24) is 5.32 Å². The van der Waals surface area contributed by atoms with Crippen LogP contribution in [0.3, 0.4) is 0 Å². The summed E-state index contributed by atoms with van der Waals surface area (Å²) in [6.45, 7) is -1.63. The average molecular weight is 562 g/mol. The number of esters is 1. The third-order valence-electron chi connectivity index (χ3n) is 7.38. The number of para-hydroxylation sites is 2. The Balaban J connectivity index is 1.49. The molecule has 0 saturated heterocycles. The largest absolute Gasteiger partial charge is 0.508 e. The number of phenols is 1. The van der Waals surface area contributed by atoms with E-state index in [4.69, 9.17) is 9.47 Å². The predicted octanol–water partition coefficient (Wildman–Crippen LogP) is 6.11. The summed E-state index contributed by atoms with van der Waals surface area (Å²) in [5.41, 5.74) is 3.55. The molecule has 1 aliphatic heterocycles. The molecule has 2 N–H and O–H groups in total. The lowest BCUT2D eigenvalue weighted by molar-refractivity contribution is -0.140. The van der Waals surface area contributed by atoms with E-state index in [0.717, 1.165) is 5.56 Å². The Bertz CT molecular complexity index is 1550. The van der Waals surface area contributed by atoms with Gasteiger partial charge in [-0.1, -0.05) is 48.5 Å². The molecule has 0 aromatic heterocycles. The molecule has 2 aliphatic rings. The smallest absolute Gasteiger partial charge is 0.387 e. The molecule has 2 atom stereocenters. The number of carbonyl (C=O) groups excluding carboxylic acids is 2. The molecule has 0 radical (unpaired) electrons. The number of hydrogen-bond acceptors (Lipinski definition) is 7. The number of hydrogen-bond donors (Lipinski definition) is 2. The standard InChI is InChI=1S/C32H29F2NO6/c1-18-28(31(38)40-17-20-8-3-5-12-26(20)41-32(33)34)29(19-9-7-10-22(36)14-19)30-24(35-18)15-21(16-25(30)37)23-11-4-6-13-27(23)39-2/h3-14,21,29,32,35-36H,15-17H2,1-2H3. The van der Waals surface area contributed by atoms with Crippen molar-refractivity contribution in [2.24, 2.45) is 0 Å². The first-order valence-electron chi connectivity index (χ1n) is 13.1. The van der Waals surface area contributed by atoms with Gasteiger partial charge in [0, 0.05) is 40.8 Å². The fraction of sp³-hybridized carbons (Fsp3) is 0.250. The number of allylic oxidation sites excluding steroid dienone is 3. The van der Waals surface area contributed by atoms with Crippen LogP contribution in [-0.4, -0.2) is 30.6 Å². The van der Waals surface area contributed by atoms with Crippen LogP contribution in [0.1, 0.15) is 48.3 Å². The molecule has 3 aromatic rings. The number of phenolic OH excluding ortho intramolecular Hbond substituents is 1. The maximum absolute atomic E-state index is 13.8. The summed E-state index contributed by atoms with van der Waals surface area (Å²) in [4.78, 5) is 27.4. The zero-order chi connectivity index (χ0) is 29.1. The molecule has 41 heavy (non-hydrogen) atoms. The lowest BCUT2D eigenvalue weighted by Gasteiger charge is -2.37. The van der Waals surface area contributed by atoms with Gasteiger partial charge in [-0.2, -0.15) is 8.78 Å². The lowest BCUT2D eigenvalue weighted by atomic mass is 9.71. The second-order valence-corrected chi connectivity index (χ2v) is 9.92. The highest BCUT2D eigenvalue weighted by atomic mass is 19.3. The first kappa shape index (κ1) is 27.9. The summed E-state index contributed by atoms with van der Waals surface area (Å²) in [7, 11) is 1.59. The summed E-state index contributed by atoms with van der Waals surface area (Å²) >= 11 is 0. The highest BCUT2D eigenvalue weighted by Crippen LogP contribution is 2.47. The zero-order valence-corrected chi connectivity index (χ0v) is 22.5. The Morgan fingerprint density at radius 1 is 1.02 bits per heavy atom. The number of halogens is 2.